The molecular weight excluding hydrogens is 283 g/mol. The number of hydrogen-bond acceptors (Lipinski definition) is 2. The Balaban J connectivity index is 2.30. The van der Waals surface area contributed by atoms with Crippen molar-refractivity contribution in [2.75, 3.05) is 0 Å². The zero-order valence-electron chi connectivity index (χ0n) is 12.0. The molecule has 3 nitrogen and oxygen atoms in total. The lowest BCUT2D eigenvalue weighted by molar-refractivity contribution is -0.136. The van der Waals surface area contributed by atoms with Crippen LogP contribution in [-0.2, 0) is 21.7 Å². The first-order valence-electron chi connectivity index (χ1n) is 6.90. The van der Waals surface area contributed by atoms with Gasteiger partial charge in [0.15, 0.2) is 0 Å². The minimum absolute atomic E-state index is 0.316. The van der Waals surface area contributed by atoms with E-state index in [1.54, 1.807) is 6.92 Å². The van der Waals surface area contributed by atoms with Gasteiger partial charge in [0.1, 0.15) is 12.8 Å². The van der Waals surface area contributed by atoms with Crippen molar-refractivity contribution in [1.82, 2.24) is 0 Å². The molecule has 1 unspecified atom stereocenters. The maximum absolute atomic E-state index is 13.3. The minimum Gasteiger partial charge on any atom is -0.481 e. The average molecular weight is 302 g/mol. The molecule has 2 aromatic rings. The molecule has 1 N–H and O–H groups in total. The summed E-state index contributed by atoms with van der Waals surface area (Å²) in [4.78, 5) is 11.4. The van der Waals surface area contributed by atoms with Crippen LogP contribution >= 0.6 is 7.14 Å². The Morgan fingerprint density at radius 2 is 1.33 bits per heavy atom. The molecule has 0 aromatic heterocycles. The Morgan fingerprint density at radius 1 is 0.952 bits per heavy atom. The van der Waals surface area contributed by atoms with Crippen molar-refractivity contribution in [3.05, 3.63) is 71.8 Å². The van der Waals surface area contributed by atoms with Gasteiger partial charge >= 0.3 is 5.97 Å². The van der Waals surface area contributed by atoms with Crippen LogP contribution in [-0.4, -0.2) is 16.7 Å². The topological polar surface area (TPSA) is 54.4 Å². The predicted molar refractivity (Wildman–Crippen MR) is 85.0 cm³/mol. The van der Waals surface area contributed by atoms with E-state index in [4.69, 9.17) is 0 Å². The summed E-state index contributed by atoms with van der Waals surface area (Å²) in [5.74, 6) is -0.995. The van der Waals surface area contributed by atoms with Crippen molar-refractivity contribution in [1.29, 1.82) is 0 Å². The SMILES string of the molecule is CC(C(=O)O)P(=O)(Cc1ccccc1)Cc1ccccc1. The monoisotopic (exact) mass is 302 g/mol. The standard InChI is InChI=1S/C17H19O3P/c1-14(17(18)19)21(20,12-15-8-4-2-5-9-15)13-16-10-6-3-7-11-16/h2-11,14H,12-13H2,1H3,(H,18,19). The van der Waals surface area contributed by atoms with Crippen LogP contribution < -0.4 is 0 Å². The lowest BCUT2D eigenvalue weighted by atomic mass is 10.2. The van der Waals surface area contributed by atoms with Gasteiger partial charge < -0.3 is 9.67 Å². The van der Waals surface area contributed by atoms with Crippen LogP contribution in [0.3, 0.4) is 0 Å². The summed E-state index contributed by atoms with van der Waals surface area (Å²) in [6, 6.07) is 18.9. The molecule has 0 saturated heterocycles. The molecule has 0 bridgehead atoms. The van der Waals surface area contributed by atoms with Crippen molar-refractivity contribution in [3.63, 3.8) is 0 Å². The fourth-order valence-electron chi connectivity index (χ4n) is 2.32. The second-order valence-corrected chi connectivity index (χ2v) is 8.57. The van der Waals surface area contributed by atoms with Crippen LogP contribution in [0.1, 0.15) is 18.1 Å². The highest BCUT2D eigenvalue weighted by Crippen LogP contribution is 2.56. The molecule has 0 saturated carbocycles. The molecule has 0 spiro atoms. The summed E-state index contributed by atoms with van der Waals surface area (Å²) in [6.45, 7) is 1.55. The Hall–Kier alpha value is -1.86. The van der Waals surface area contributed by atoms with Crippen molar-refractivity contribution in [3.8, 4) is 0 Å². The van der Waals surface area contributed by atoms with E-state index in [0.717, 1.165) is 11.1 Å². The maximum atomic E-state index is 13.3. The highest BCUT2D eigenvalue weighted by Gasteiger charge is 2.35. The molecule has 1 atom stereocenters. The fraction of sp³-hybridized carbons (Fsp3) is 0.235. The Morgan fingerprint density at radius 3 is 1.67 bits per heavy atom. The zero-order chi connectivity index (χ0) is 15.3. The van der Waals surface area contributed by atoms with Crippen LogP contribution in [0, 0.1) is 0 Å². The first-order valence-corrected chi connectivity index (χ1v) is 9.04. The van der Waals surface area contributed by atoms with Crippen LogP contribution in [0.4, 0.5) is 0 Å². The number of rotatable bonds is 6. The molecular formula is C17H19O3P. The summed E-state index contributed by atoms with van der Waals surface area (Å²) < 4.78 is 13.3. The summed E-state index contributed by atoms with van der Waals surface area (Å²) in [7, 11) is -2.91. The number of carbonyl (C=O) groups is 1. The smallest absolute Gasteiger partial charge is 0.313 e. The first kappa shape index (κ1) is 15.5. The van der Waals surface area contributed by atoms with E-state index in [-0.39, 0.29) is 0 Å². The molecule has 0 radical (unpaired) electrons. The van der Waals surface area contributed by atoms with Gasteiger partial charge in [-0.05, 0) is 18.1 Å². The van der Waals surface area contributed by atoms with Crippen molar-refractivity contribution >= 4 is 13.1 Å². The van der Waals surface area contributed by atoms with Gasteiger partial charge in [0, 0.05) is 12.3 Å². The Labute approximate surface area is 125 Å². The van der Waals surface area contributed by atoms with Crippen LogP contribution in [0.2, 0.25) is 0 Å². The van der Waals surface area contributed by atoms with Gasteiger partial charge in [0.05, 0.1) is 0 Å². The molecule has 0 aliphatic rings. The first-order chi connectivity index (χ1) is 10.0. The molecule has 2 aromatic carbocycles. The Kier molecular flexibility index (Phi) is 4.98. The molecule has 0 heterocycles. The van der Waals surface area contributed by atoms with E-state index in [1.807, 2.05) is 60.7 Å². The van der Waals surface area contributed by atoms with Crippen LogP contribution in [0.25, 0.3) is 0 Å². The van der Waals surface area contributed by atoms with Crippen LogP contribution in [0.15, 0.2) is 60.7 Å². The molecule has 0 aliphatic carbocycles. The summed E-state index contributed by atoms with van der Waals surface area (Å²) >= 11 is 0. The highest BCUT2D eigenvalue weighted by molar-refractivity contribution is 7.64. The lowest BCUT2D eigenvalue weighted by Crippen LogP contribution is -2.18. The maximum Gasteiger partial charge on any atom is 0.313 e. The van der Waals surface area contributed by atoms with E-state index >= 15 is 0 Å². The minimum atomic E-state index is -2.91. The van der Waals surface area contributed by atoms with E-state index < -0.39 is 18.8 Å². The number of aliphatic carboxylic acids is 1. The zero-order valence-corrected chi connectivity index (χ0v) is 12.9. The number of benzene rings is 2. The van der Waals surface area contributed by atoms with Gasteiger partial charge in [-0.2, -0.15) is 0 Å². The predicted octanol–water partition coefficient (Wildman–Crippen LogP) is 4.22. The van der Waals surface area contributed by atoms with Gasteiger partial charge in [-0.15, -0.1) is 0 Å². The van der Waals surface area contributed by atoms with Crippen molar-refractivity contribution in [2.45, 2.75) is 24.9 Å². The highest BCUT2D eigenvalue weighted by atomic mass is 31.2. The summed E-state index contributed by atoms with van der Waals surface area (Å²) in [5, 5.41) is 9.30. The number of carboxylic acids is 1. The van der Waals surface area contributed by atoms with E-state index in [1.165, 1.54) is 0 Å². The van der Waals surface area contributed by atoms with Gasteiger partial charge in [-0.3, -0.25) is 4.79 Å². The molecule has 110 valence electrons. The third-order valence-corrected chi connectivity index (χ3v) is 7.08. The van der Waals surface area contributed by atoms with Gasteiger partial charge in [-0.1, -0.05) is 60.7 Å². The van der Waals surface area contributed by atoms with E-state index in [2.05, 4.69) is 0 Å². The van der Waals surface area contributed by atoms with E-state index in [9.17, 15) is 14.5 Å². The molecule has 2 rings (SSSR count). The second-order valence-electron chi connectivity index (χ2n) is 5.25. The summed E-state index contributed by atoms with van der Waals surface area (Å²) in [6.07, 6.45) is 0.631. The molecule has 0 amide bonds. The molecule has 21 heavy (non-hydrogen) atoms. The van der Waals surface area contributed by atoms with Gasteiger partial charge in [0.25, 0.3) is 0 Å². The van der Waals surface area contributed by atoms with Gasteiger partial charge in [-0.25, -0.2) is 0 Å². The Bertz CT molecular complexity index is 592. The number of carboxylic acid groups (broad SMARTS) is 1. The van der Waals surface area contributed by atoms with Crippen LogP contribution in [0.5, 0.6) is 0 Å². The quantitative estimate of drug-likeness (QED) is 0.813. The number of hydrogen-bond donors (Lipinski definition) is 1. The van der Waals surface area contributed by atoms with Crippen molar-refractivity contribution < 1.29 is 14.5 Å². The van der Waals surface area contributed by atoms with Gasteiger partial charge in [0.2, 0.25) is 0 Å². The molecule has 0 fully saturated rings. The molecule has 0 aliphatic heterocycles. The largest absolute Gasteiger partial charge is 0.481 e. The lowest BCUT2D eigenvalue weighted by Gasteiger charge is -2.22. The second kappa shape index (κ2) is 6.73. The van der Waals surface area contributed by atoms with E-state index in [0.29, 0.717) is 12.3 Å². The van der Waals surface area contributed by atoms with Crippen molar-refractivity contribution in [2.24, 2.45) is 0 Å². The molecule has 4 heteroatoms. The third kappa shape index (κ3) is 4.05. The average Bonchev–Trinajstić information content (AvgIpc) is 2.48. The fourth-order valence-corrected chi connectivity index (χ4v) is 5.04. The third-order valence-electron chi connectivity index (χ3n) is 3.65. The summed E-state index contributed by atoms with van der Waals surface area (Å²) in [5.41, 5.74) is 0.993. The normalized spacial score (nSPS) is 12.8.